The molecule has 0 saturated carbocycles. The Labute approximate surface area is 177 Å². The number of unbranched alkanes of at least 4 members (excludes halogenated alkanes) is 5. The molecule has 0 heterocycles. The number of para-hydroxylation sites is 1. The zero-order valence-corrected chi connectivity index (χ0v) is 18.5. The standard InChI is InChI=1S/C26H38N2O/c1-4-6-8-9-12-20-28(26(29)27-25-15-11-10-13-22(25)3)21-24-18-16-23(17-19-24)14-7-5-2/h10-11,13,15-19H,4-9,12,14,20-21H2,1-3H3,(H,27,29). The number of carbonyl (C=O) groups is 1. The van der Waals surface area contributed by atoms with Gasteiger partial charge in [0.05, 0.1) is 0 Å². The van der Waals surface area contributed by atoms with Crippen molar-refractivity contribution in [3.05, 3.63) is 65.2 Å². The molecule has 0 aliphatic carbocycles. The van der Waals surface area contributed by atoms with Gasteiger partial charge >= 0.3 is 6.03 Å². The van der Waals surface area contributed by atoms with Crippen LogP contribution in [0.1, 0.15) is 75.5 Å². The van der Waals surface area contributed by atoms with E-state index in [1.54, 1.807) is 0 Å². The predicted molar refractivity (Wildman–Crippen MR) is 124 cm³/mol. The summed E-state index contributed by atoms with van der Waals surface area (Å²) < 4.78 is 0. The second-order valence-corrected chi connectivity index (χ2v) is 8.00. The fourth-order valence-corrected chi connectivity index (χ4v) is 3.48. The lowest BCUT2D eigenvalue weighted by Crippen LogP contribution is -2.35. The SMILES string of the molecule is CCCCCCCN(Cc1ccc(CCCC)cc1)C(=O)Nc1ccccc1C. The first-order chi connectivity index (χ1) is 14.1. The highest BCUT2D eigenvalue weighted by atomic mass is 16.2. The van der Waals surface area contributed by atoms with Crippen LogP contribution in [0.4, 0.5) is 10.5 Å². The Morgan fingerprint density at radius 1 is 0.828 bits per heavy atom. The third-order valence-electron chi connectivity index (χ3n) is 5.42. The largest absolute Gasteiger partial charge is 0.322 e. The molecule has 1 N–H and O–H groups in total. The smallest absolute Gasteiger partial charge is 0.320 e. The van der Waals surface area contributed by atoms with Gasteiger partial charge in [-0.3, -0.25) is 0 Å². The Morgan fingerprint density at radius 2 is 1.48 bits per heavy atom. The van der Waals surface area contributed by atoms with Gasteiger partial charge in [0.15, 0.2) is 0 Å². The van der Waals surface area contributed by atoms with Gasteiger partial charge in [0.1, 0.15) is 0 Å². The third-order valence-corrected chi connectivity index (χ3v) is 5.42. The molecule has 0 unspecified atom stereocenters. The van der Waals surface area contributed by atoms with Crippen LogP contribution in [0.25, 0.3) is 0 Å². The van der Waals surface area contributed by atoms with E-state index in [0.29, 0.717) is 6.54 Å². The average molecular weight is 395 g/mol. The minimum absolute atomic E-state index is 0.00940. The van der Waals surface area contributed by atoms with Crippen molar-refractivity contribution in [2.24, 2.45) is 0 Å². The van der Waals surface area contributed by atoms with E-state index >= 15 is 0 Å². The first kappa shape index (κ1) is 23.0. The van der Waals surface area contributed by atoms with E-state index in [-0.39, 0.29) is 6.03 Å². The summed E-state index contributed by atoms with van der Waals surface area (Å²) in [6.07, 6.45) is 9.56. The Bertz CT molecular complexity index is 724. The summed E-state index contributed by atoms with van der Waals surface area (Å²) in [5.74, 6) is 0. The highest BCUT2D eigenvalue weighted by Gasteiger charge is 2.15. The van der Waals surface area contributed by atoms with Crippen molar-refractivity contribution >= 4 is 11.7 Å². The highest BCUT2D eigenvalue weighted by Crippen LogP contribution is 2.16. The molecule has 0 fully saturated rings. The number of hydrogen-bond acceptors (Lipinski definition) is 1. The van der Waals surface area contributed by atoms with Crippen molar-refractivity contribution in [3.8, 4) is 0 Å². The van der Waals surface area contributed by atoms with Crippen LogP contribution in [-0.4, -0.2) is 17.5 Å². The number of benzene rings is 2. The molecule has 0 spiro atoms. The first-order valence-electron chi connectivity index (χ1n) is 11.3. The normalized spacial score (nSPS) is 10.7. The van der Waals surface area contributed by atoms with Crippen molar-refractivity contribution in [2.75, 3.05) is 11.9 Å². The molecule has 0 saturated heterocycles. The number of anilines is 1. The molecule has 2 amide bonds. The minimum atomic E-state index is -0.00940. The van der Waals surface area contributed by atoms with E-state index < -0.39 is 0 Å². The summed E-state index contributed by atoms with van der Waals surface area (Å²) in [7, 11) is 0. The lowest BCUT2D eigenvalue weighted by molar-refractivity contribution is 0.207. The second-order valence-electron chi connectivity index (χ2n) is 8.00. The van der Waals surface area contributed by atoms with Crippen molar-refractivity contribution in [2.45, 2.75) is 78.7 Å². The maximum atomic E-state index is 13.0. The van der Waals surface area contributed by atoms with Crippen molar-refractivity contribution in [1.82, 2.24) is 4.90 Å². The van der Waals surface area contributed by atoms with Crippen LogP contribution < -0.4 is 5.32 Å². The molecule has 0 aliphatic rings. The quantitative estimate of drug-likeness (QED) is 0.375. The topological polar surface area (TPSA) is 32.3 Å². The van der Waals surface area contributed by atoms with E-state index in [0.717, 1.165) is 30.6 Å². The molecule has 29 heavy (non-hydrogen) atoms. The van der Waals surface area contributed by atoms with Crippen molar-refractivity contribution in [3.63, 3.8) is 0 Å². The molecule has 0 atom stereocenters. The fourth-order valence-electron chi connectivity index (χ4n) is 3.48. The maximum absolute atomic E-state index is 13.0. The summed E-state index contributed by atoms with van der Waals surface area (Å²) in [4.78, 5) is 15.0. The molecular weight excluding hydrogens is 356 g/mol. The molecule has 3 nitrogen and oxygen atoms in total. The molecule has 0 aliphatic heterocycles. The first-order valence-corrected chi connectivity index (χ1v) is 11.3. The summed E-state index contributed by atoms with van der Waals surface area (Å²) >= 11 is 0. The second kappa shape index (κ2) is 13.0. The van der Waals surface area contributed by atoms with Crippen LogP contribution in [0.5, 0.6) is 0 Å². The molecular formula is C26H38N2O. The van der Waals surface area contributed by atoms with Crippen molar-refractivity contribution < 1.29 is 4.79 Å². The van der Waals surface area contributed by atoms with Crippen LogP contribution in [0.3, 0.4) is 0 Å². The predicted octanol–water partition coefficient (Wildman–Crippen LogP) is 7.34. The van der Waals surface area contributed by atoms with Gasteiger partial charge in [-0.15, -0.1) is 0 Å². The fraction of sp³-hybridized carbons (Fsp3) is 0.500. The van der Waals surface area contributed by atoms with Gasteiger partial charge in [-0.2, -0.15) is 0 Å². The van der Waals surface area contributed by atoms with E-state index in [4.69, 9.17) is 0 Å². The molecule has 2 aromatic rings. The Balaban J connectivity index is 2.01. The van der Waals surface area contributed by atoms with Gasteiger partial charge in [-0.05, 0) is 48.9 Å². The highest BCUT2D eigenvalue weighted by molar-refractivity contribution is 5.90. The van der Waals surface area contributed by atoms with E-state index in [1.165, 1.54) is 49.7 Å². The number of aryl methyl sites for hydroxylation is 2. The van der Waals surface area contributed by atoms with E-state index in [2.05, 4.69) is 43.4 Å². The van der Waals surface area contributed by atoms with Crippen molar-refractivity contribution in [1.29, 1.82) is 0 Å². The summed E-state index contributed by atoms with van der Waals surface area (Å²) in [6, 6.07) is 16.7. The number of carbonyl (C=O) groups excluding carboxylic acids is 1. The van der Waals surface area contributed by atoms with Crippen LogP contribution in [-0.2, 0) is 13.0 Å². The van der Waals surface area contributed by atoms with Crippen LogP contribution in [0.2, 0.25) is 0 Å². The average Bonchev–Trinajstić information content (AvgIpc) is 2.73. The van der Waals surface area contributed by atoms with Crippen LogP contribution in [0, 0.1) is 6.92 Å². The molecule has 2 rings (SSSR count). The van der Waals surface area contributed by atoms with Crippen LogP contribution in [0.15, 0.2) is 48.5 Å². The number of nitrogens with one attached hydrogen (secondary N) is 1. The Morgan fingerprint density at radius 3 is 2.17 bits per heavy atom. The van der Waals surface area contributed by atoms with Gasteiger partial charge in [0, 0.05) is 18.8 Å². The molecule has 0 bridgehead atoms. The molecule has 0 radical (unpaired) electrons. The van der Waals surface area contributed by atoms with Gasteiger partial charge in [0.2, 0.25) is 0 Å². The summed E-state index contributed by atoms with van der Waals surface area (Å²) in [6.45, 7) is 7.92. The van der Waals surface area contributed by atoms with Gasteiger partial charge in [-0.25, -0.2) is 4.79 Å². The minimum Gasteiger partial charge on any atom is -0.320 e. The third kappa shape index (κ3) is 8.31. The Hall–Kier alpha value is -2.29. The van der Waals surface area contributed by atoms with Crippen LogP contribution >= 0.6 is 0 Å². The molecule has 0 aromatic heterocycles. The monoisotopic (exact) mass is 394 g/mol. The molecule has 158 valence electrons. The zero-order chi connectivity index (χ0) is 20.9. The number of rotatable bonds is 12. The maximum Gasteiger partial charge on any atom is 0.322 e. The Kier molecular flexibility index (Phi) is 10.3. The molecule has 3 heteroatoms. The number of hydrogen-bond donors (Lipinski definition) is 1. The van der Waals surface area contributed by atoms with E-state index in [9.17, 15) is 4.79 Å². The number of nitrogens with zero attached hydrogens (tertiary/aromatic N) is 1. The summed E-state index contributed by atoms with van der Waals surface area (Å²) in [5, 5.41) is 3.11. The molecule has 2 aromatic carbocycles. The van der Waals surface area contributed by atoms with Gasteiger partial charge < -0.3 is 10.2 Å². The zero-order valence-electron chi connectivity index (χ0n) is 18.5. The van der Waals surface area contributed by atoms with Gasteiger partial charge in [0.25, 0.3) is 0 Å². The lowest BCUT2D eigenvalue weighted by atomic mass is 10.1. The van der Waals surface area contributed by atoms with E-state index in [1.807, 2.05) is 36.1 Å². The number of amides is 2. The van der Waals surface area contributed by atoms with Gasteiger partial charge in [-0.1, -0.05) is 88.4 Å². The summed E-state index contributed by atoms with van der Waals surface area (Å²) in [5.41, 5.74) is 4.55. The number of urea groups is 1. The lowest BCUT2D eigenvalue weighted by Gasteiger charge is -2.24.